The standard InChI is InChI=1S/C16H19NO3S/c1-21(18,19)16-6-2-5-15(12-16)20-11-3-4-13-7-9-14(17)10-8-13/h2,5-10,12H,3-4,11,17H2,1H3. The van der Waals surface area contributed by atoms with Gasteiger partial charge in [0.1, 0.15) is 5.75 Å². The summed E-state index contributed by atoms with van der Waals surface area (Å²) in [5.74, 6) is 0.579. The van der Waals surface area contributed by atoms with Crippen LogP contribution in [-0.4, -0.2) is 21.3 Å². The molecule has 2 rings (SSSR count). The molecular weight excluding hydrogens is 286 g/mol. The minimum atomic E-state index is -3.19. The Morgan fingerprint density at radius 2 is 1.81 bits per heavy atom. The number of benzene rings is 2. The van der Waals surface area contributed by atoms with Crippen LogP contribution in [0.3, 0.4) is 0 Å². The summed E-state index contributed by atoms with van der Waals surface area (Å²) >= 11 is 0. The van der Waals surface area contributed by atoms with E-state index in [0.717, 1.165) is 18.5 Å². The molecule has 0 amide bonds. The molecule has 0 heterocycles. The highest BCUT2D eigenvalue weighted by molar-refractivity contribution is 7.90. The van der Waals surface area contributed by atoms with Crippen LogP contribution < -0.4 is 10.5 Å². The van der Waals surface area contributed by atoms with Gasteiger partial charge >= 0.3 is 0 Å². The second kappa shape index (κ2) is 6.63. The van der Waals surface area contributed by atoms with Crippen molar-refractivity contribution in [3.05, 3.63) is 54.1 Å². The van der Waals surface area contributed by atoms with Gasteiger partial charge < -0.3 is 10.5 Å². The first-order chi connectivity index (χ1) is 9.95. The topological polar surface area (TPSA) is 69.4 Å². The smallest absolute Gasteiger partial charge is 0.175 e. The number of nitrogens with two attached hydrogens (primary N) is 1. The first-order valence-corrected chi connectivity index (χ1v) is 8.61. The Labute approximate surface area is 125 Å². The summed E-state index contributed by atoms with van der Waals surface area (Å²) in [6.45, 7) is 0.539. The van der Waals surface area contributed by atoms with Crippen molar-refractivity contribution >= 4 is 15.5 Å². The third-order valence-corrected chi connectivity index (χ3v) is 4.20. The molecule has 0 fully saturated rings. The molecule has 21 heavy (non-hydrogen) atoms. The van der Waals surface area contributed by atoms with E-state index in [1.165, 1.54) is 11.8 Å². The quantitative estimate of drug-likeness (QED) is 0.658. The van der Waals surface area contributed by atoms with E-state index in [9.17, 15) is 8.42 Å². The second-order valence-corrected chi connectivity index (χ2v) is 6.96. The molecule has 0 saturated heterocycles. The number of hydrogen-bond acceptors (Lipinski definition) is 4. The van der Waals surface area contributed by atoms with Crippen molar-refractivity contribution in [1.82, 2.24) is 0 Å². The van der Waals surface area contributed by atoms with E-state index in [4.69, 9.17) is 10.5 Å². The predicted molar refractivity (Wildman–Crippen MR) is 84.2 cm³/mol. The van der Waals surface area contributed by atoms with Crippen molar-refractivity contribution in [3.63, 3.8) is 0 Å². The zero-order valence-corrected chi connectivity index (χ0v) is 12.8. The second-order valence-electron chi connectivity index (χ2n) is 4.94. The minimum absolute atomic E-state index is 0.276. The van der Waals surface area contributed by atoms with Gasteiger partial charge in [0.15, 0.2) is 9.84 Å². The van der Waals surface area contributed by atoms with E-state index < -0.39 is 9.84 Å². The number of nitrogen functional groups attached to an aromatic ring is 1. The maximum atomic E-state index is 11.5. The molecule has 0 aliphatic heterocycles. The van der Waals surface area contributed by atoms with Crippen LogP contribution >= 0.6 is 0 Å². The number of rotatable bonds is 6. The summed E-state index contributed by atoms with van der Waals surface area (Å²) in [5, 5.41) is 0. The molecule has 2 N–H and O–H groups in total. The van der Waals surface area contributed by atoms with Gasteiger partial charge in [-0.25, -0.2) is 8.42 Å². The predicted octanol–water partition coefficient (Wildman–Crippen LogP) is 2.68. The summed E-state index contributed by atoms with van der Waals surface area (Å²) < 4.78 is 28.5. The molecule has 0 spiro atoms. The lowest BCUT2D eigenvalue weighted by Gasteiger charge is -2.07. The van der Waals surface area contributed by atoms with Gasteiger partial charge in [-0.1, -0.05) is 18.2 Å². The lowest BCUT2D eigenvalue weighted by atomic mass is 10.1. The van der Waals surface area contributed by atoms with Crippen molar-refractivity contribution in [2.24, 2.45) is 0 Å². The van der Waals surface area contributed by atoms with Crippen LogP contribution in [-0.2, 0) is 16.3 Å². The molecule has 2 aromatic rings. The van der Waals surface area contributed by atoms with Crippen molar-refractivity contribution in [3.8, 4) is 5.75 Å². The lowest BCUT2D eigenvalue weighted by molar-refractivity contribution is 0.310. The van der Waals surface area contributed by atoms with E-state index in [2.05, 4.69) is 0 Å². The fourth-order valence-corrected chi connectivity index (χ4v) is 2.60. The van der Waals surface area contributed by atoms with Crippen molar-refractivity contribution < 1.29 is 13.2 Å². The Morgan fingerprint density at radius 3 is 2.48 bits per heavy atom. The summed E-state index contributed by atoms with van der Waals surface area (Å²) in [6, 6.07) is 14.3. The average molecular weight is 305 g/mol. The van der Waals surface area contributed by atoms with E-state index in [1.807, 2.05) is 24.3 Å². The molecule has 0 radical (unpaired) electrons. The number of sulfone groups is 1. The Morgan fingerprint density at radius 1 is 1.10 bits per heavy atom. The van der Waals surface area contributed by atoms with Crippen LogP contribution in [0.1, 0.15) is 12.0 Å². The van der Waals surface area contributed by atoms with Gasteiger partial charge in [0, 0.05) is 11.9 Å². The fraction of sp³-hybridized carbons (Fsp3) is 0.250. The SMILES string of the molecule is CS(=O)(=O)c1cccc(OCCCc2ccc(N)cc2)c1. The van der Waals surface area contributed by atoms with Gasteiger partial charge in [0.25, 0.3) is 0 Å². The molecule has 0 bridgehead atoms. The highest BCUT2D eigenvalue weighted by atomic mass is 32.2. The van der Waals surface area contributed by atoms with Crippen molar-refractivity contribution in [1.29, 1.82) is 0 Å². The van der Waals surface area contributed by atoms with E-state index in [1.54, 1.807) is 24.3 Å². The Balaban J connectivity index is 1.85. The third kappa shape index (κ3) is 4.79. The molecule has 112 valence electrons. The molecular formula is C16H19NO3S. The molecule has 0 unspecified atom stereocenters. The monoisotopic (exact) mass is 305 g/mol. The normalized spacial score (nSPS) is 11.3. The molecule has 2 aromatic carbocycles. The number of anilines is 1. The Kier molecular flexibility index (Phi) is 4.85. The van der Waals surface area contributed by atoms with Crippen LogP contribution in [0.25, 0.3) is 0 Å². The zero-order valence-electron chi connectivity index (χ0n) is 12.0. The minimum Gasteiger partial charge on any atom is -0.494 e. The number of aryl methyl sites for hydroxylation is 1. The number of ether oxygens (including phenoxy) is 1. The average Bonchev–Trinajstić information content (AvgIpc) is 2.45. The molecule has 0 saturated carbocycles. The molecule has 5 heteroatoms. The summed E-state index contributed by atoms with van der Waals surface area (Å²) in [6.07, 6.45) is 2.94. The van der Waals surface area contributed by atoms with Crippen molar-refractivity contribution in [2.75, 3.05) is 18.6 Å². The maximum Gasteiger partial charge on any atom is 0.175 e. The molecule has 0 aliphatic carbocycles. The van der Waals surface area contributed by atoms with Crippen molar-refractivity contribution in [2.45, 2.75) is 17.7 Å². The van der Waals surface area contributed by atoms with Gasteiger partial charge in [-0.2, -0.15) is 0 Å². The van der Waals surface area contributed by atoms with Gasteiger partial charge in [-0.15, -0.1) is 0 Å². The van der Waals surface area contributed by atoms with Gasteiger partial charge in [0.05, 0.1) is 11.5 Å². The van der Waals surface area contributed by atoms with Crippen LogP contribution in [0, 0.1) is 0 Å². The van der Waals surface area contributed by atoms with Crippen LogP contribution in [0.5, 0.6) is 5.75 Å². The molecule has 0 aromatic heterocycles. The highest BCUT2D eigenvalue weighted by Gasteiger charge is 2.07. The molecule has 4 nitrogen and oxygen atoms in total. The van der Waals surface area contributed by atoms with Crippen LogP contribution in [0.15, 0.2) is 53.4 Å². The van der Waals surface area contributed by atoms with Gasteiger partial charge in [-0.3, -0.25) is 0 Å². The van der Waals surface area contributed by atoms with E-state index in [-0.39, 0.29) is 4.90 Å². The number of hydrogen-bond donors (Lipinski definition) is 1. The van der Waals surface area contributed by atoms with Gasteiger partial charge in [-0.05, 0) is 48.7 Å². The molecule has 0 atom stereocenters. The van der Waals surface area contributed by atoms with E-state index >= 15 is 0 Å². The highest BCUT2D eigenvalue weighted by Crippen LogP contribution is 2.17. The summed E-state index contributed by atoms with van der Waals surface area (Å²) in [7, 11) is -3.19. The van der Waals surface area contributed by atoms with Crippen LogP contribution in [0.2, 0.25) is 0 Å². The Hall–Kier alpha value is -2.01. The summed E-state index contributed by atoms with van der Waals surface area (Å²) in [4.78, 5) is 0.276. The Bertz CT molecular complexity index is 694. The summed E-state index contributed by atoms with van der Waals surface area (Å²) in [5.41, 5.74) is 7.60. The van der Waals surface area contributed by atoms with E-state index in [0.29, 0.717) is 12.4 Å². The fourth-order valence-electron chi connectivity index (χ4n) is 1.95. The van der Waals surface area contributed by atoms with Gasteiger partial charge in [0.2, 0.25) is 0 Å². The largest absolute Gasteiger partial charge is 0.494 e. The third-order valence-electron chi connectivity index (χ3n) is 3.09. The molecule has 0 aliphatic rings. The zero-order chi connectivity index (χ0) is 15.3. The van der Waals surface area contributed by atoms with Crippen LogP contribution in [0.4, 0.5) is 5.69 Å². The first-order valence-electron chi connectivity index (χ1n) is 6.72. The lowest BCUT2D eigenvalue weighted by Crippen LogP contribution is -2.01. The maximum absolute atomic E-state index is 11.5. The first kappa shape index (κ1) is 15.4.